The molecule has 0 radical (unpaired) electrons. The third-order valence-electron chi connectivity index (χ3n) is 4.31. The highest BCUT2D eigenvalue weighted by Gasteiger charge is 2.41. The van der Waals surface area contributed by atoms with Crippen LogP contribution in [0.1, 0.15) is 44.9 Å². The van der Waals surface area contributed by atoms with Gasteiger partial charge in [0.2, 0.25) is 11.8 Å². The molecule has 13 nitrogen and oxygen atoms in total. The number of unbranched alkanes of at least 4 members (excludes halogenated alkanes) is 1. The topological polar surface area (TPSA) is 254 Å². The number of aliphatic imine (C=N–C) groups is 1. The highest BCUT2D eigenvalue weighted by atomic mass is 35.5. The van der Waals surface area contributed by atoms with Crippen LogP contribution < -0.4 is 28.7 Å². The molecular formula is C17H34ClN7O6. The van der Waals surface area contributed by atoms with E-state index >= 15 is 0 Å². The second-order valence-corrected chi connectivity index (χ2v) is 6.78. The Balaban J connectivity index is 0. The zero-order valence-corrected chi connectivity index (χ0v) is 18.1. The van der Waals surface area contributed by atoms with E-state index in [1.165, 1.54) is 0 Å². The van der Waals surface area contributed by atoms with Gasteiger partial charge in [-0.05, 0) is 38.6 Å². The summed E-state index contributed by atoms with van der Waals surface area (Å²) in [5, 5.41) is 17.3. The molecule has 180 valence electrons. The smallest absolute Gasteiger partial charge is 0.326 e. The van der Waals surface area contributed by atoms with Crippen molar-refractivity contribution in [3.8, 4) is 0 Å². The zero-order valence-electron chi connectivity index (χ0n) is 17.3. The molecule has 31 heavy (non-hydrogen) atoms. The fraction of sp³-hybridized carbons (Fsp3) is 0.706. The fourth-order valence-electron chi connectivity index (χ4n) is 2.65. The molecule has 0 aromatic rings. The number of carboxylic acid groups (broad SMARTS) is 2. The molecule has 14 heteroatoms. The molecule has 0 spiro atoms. The highest BCUT2D eigenvalue weighted by molar-refractivity contribution is 6.03. The maximum Gasteiger partial charge on any atom is 0.326 e. The number of amides is 2. The molecule has 0 aliphatic carbocycles. The lowest BCUT2D eigenvalue weighted by atomic mass is 10.1. The minimum atomic E-state index is -1.20. The number of imide groups is 1. The van der Waals surface area contributed by atoms with E-state index in [4.69, 9.17) is 38.9 Å². The lowest BCUT2D eigenvalue weighted by Gasteiger charge is -2.22. The number of carbonyl (C=O) groups is 4. The largest absolute Gasteiger partial charge is 0.480 e. The first kappa shape index (κ1) is 30.7. The van der Waals surface area contributed by atoms with Crippen LogP contribution in [0.2, 0.25) is 0 Å². The Hall–Kier alpha value is -2.48. The molecule has 1 heterocycles. The molecule has 1 aliphatic rings. The molecule has 3 atom stereocenters. The Morgan fingerprint density at radius 1 is 1.06 bits per heavy atom. The van der Waals surface area contributed by atoms with Gasteiger partial charge in [0.1, 0.15) is 12.1 Å². The van der Waals surface area contributed by atoms with Gasteiger partial charge in [0.15, 0.2) is 5.96 Å². The van der Waals surface area contributed by atoms with Crippen molar-refractivity contribution in [1.29, 1.82) is 0 Å². The first-order chi connectivity index (χ1) is 14.0. The van der Waals surface area contributed by atoms with E-state index in [0.717, 1.165) is 17.7 Å². The summed E-state index contributed by atoms with van der Waals surface area (Å²) in [6.07, 6.45) is 3.07. The lowest BCUT2D eigenvalue weighted by Crippen LogP contribution is -2.50. The number of carboxylic acids is 2. The molecule has 0 bridgehead atoms. The molecule has 12 N–H and O–H groups in total. The van der Waals surface area contributed by atoms with Gasteiger partial charge in [-0.2, -0.15) is 0 Å². The van der Waals surface area contributed by atoms with Crippen LogP contribution in [0.3, 0.4) is 0 Å². The van der Waals surface area contributed by atoms with Crippen LogP contribution in [0.15, 0.2) is 4.99 Å². The minimum Gasteiger partial charge on any atom is -0.480 e. The van der Waals surface area contributed by atoms with E-state index in [1.807, 2.05) is 0 Å². The molecule has 1 aliphatic heterocycles. The molecular weight excluding hydrogens is 434 g/mol. The molecule has 0 aromatic heterocycles. The number of halogens is 1. The van der Waals surface area contributed by atoms with Crippen LogP contribution in [0.5, 0.6) is 0 Å². The van der Waals surface area contributed by atoms with Gasteiger partial charge in [-0.15, -0.1) is 12.4 Å². The molecule has 2 amide bonds. The van der Waals surface area contributed by atoms with Gasteiger partial charge >= 0.3 is 11.9 Å². The monoisotopic (exact) mass is 467 g/mol. The number of hydrogen-bond donors (Lipinski definition) is 7. The standard InChI is InChI=1S/C11H19N5O4.C6H14N2O2.ClH/c12-6(2-1-5-15-11(13)14)9(18)16-7(10(19)20)3-4-8(16)17;7-4-2-1-3-5(8)6(9)10;/h6-7H,1-5,12H2,(H,19,20)(H4,13,14,15);5H,1-4,7-8H2,(H,9,10);1H/t6-,7?;5-;/m00./s1. The quantitative estimate of drug-likeness (QED) is 0.0984. The summed E-state index contributed by atoms with van der Waals surface area (Å²) in [5.74, 6) is -3.34. The normalized spacial score (nSPS) is 16.9. The second-order valence-electron chi connectivity index (χ2n) is 6.78. The number of rotatable bonds is 11. The summed E-state index contributed by atoms with van der Waals surface area (Å²) in [7, 11) is 0. The van der Waals surface area contributed by atoms with E-state index in [2.05, 4.69) is 4.99 Å². The predicted molar refractivity (Wildman–Crippen MR) is 116 cm³/mol. The van der Waals surface area contributed by atoms with Crippen LogP contribution in [-0.4, -0.2) is 76.0 Å². The molecule has 1 rings (SSSR count). The predicted octanol–water partition coefficient (Wildman–Crippen LogP) is -2.08. The van der Waals surface area contributed by atoms with Crippen molar-refractivity contribution in [3.05, 3.63) is 0 Å². The zero-order chi connectivity index (χ0) is 23.3. The Bertz CT molecular complexity index is 630. The van der Waals surface area contributed by atoms with Gasteiger partial charge in [-0.3, -0.25) is 24.3 Å². The average Bonchev–Trinajstić information content (AvgIpc) is 3.06. The number of carbonyl (C=O) groups excluding carboxylic acids is 2. The number of aliphatic carboxylic acids is 2. The lowest BCUT2D eigenvalue weighted by molar-refractivity contribution is -0.154. The molecule has 0 saturated carbocycles. The summed E-state index contributed by atoms with van der Waals surface area (Å²) >= 11 is 0. The van der Waals surface area contributed by atoms with Crippen molar-refractivity contribution in [2.45, 2.75) is 63.1 Å². The number of likely N-dealkylation sites (tertiary alicyclic amines) is 1. The van der Waals surface area contributed by atoms with Crippen LogP contribution in [0.4, 0.5) is 0 Å². The number of guanidine groups is 1. The summed E-state index contributed by atoms with van der Waals surface area (Å²) < 4.78 is 0. The molecule has 1 unspecified atom stereocenters. The van der Waals surface area contributed by atoms with E-state index in [9.17, 15) is 19.2 Å². The second kappa shape index (κ2) is 16.2. The third kappa shape index (κ3) is 12.1. The first-order valence-electron chi connectivity index (χ1n) is 9.61. The van der Waals surface area contributed by atoms with Crippen molar-refractivity contribution in [2.75, 3.05) is 13.1 Å². The first-order valence-corrected chi connectivity index (χ1v) is 9.61. The van der Waals surface area contributed by atoms with E-state index in [0.29, 0.717) is 25.9 Å². The van der Waals surface area contributed by atoms with Gasteiger partial charge in [-0.25, -0.2) is 4.79 Å². The Morgan fingerprint density at radius 2 is 1.65 bits per heavy atom. The van der Waals surface area contributed by atoms with Crippen molar-refractivity contribution in [2.24, 2.45) is 33.7 Å². The van der Waals surface area contributed by atoms with Crippen LogP contribution >= 0.6 is 12.4 Å². The van der Waals surface area contributed by atoms with Crippen molar-refractivity contribution in [3.63, 3.8) is 0 Å². The summed E-state index contributed by atoms with van der Waals surface area (Å²) in [4.78, 5) is 49.2. The average molecular weight is 468 g/mol. The SMILES string of the molecule is Cl.NC(N)=NCCC[C@H](N)C(=O)N1C(=O)CCC1C(=O)O.NCCCC[C@H](N)C(=O)O. The maximum absolute atomic E-state index is 12.0. The van der Waals surface area contributed by atoms with Crippen molar-refractivity contribution in [1.82, 2.24) is 4.90 Å². The molecule has 1 saturated heterocycles. The highest BCUT2D eigenvalue weighted by Crippen LogP contribution is 2.20. The van der Waals surface area contributed by atoms with Gasteiger partial charge in [-0.1, -0.05) is 6.42 Å². The summed E-state index contributed by atoms with van der Waals surface area (Å²) in [6, 6.07) is -2.77. The Kier molecular flexibility index (Phi) is 16.1. The van der Waals surface area contributed by atoms with Crippen molar-refractivity contribution >= 4 is 42.1 Å². The van der Waals surface area contributed by atoms with Gasteiger partial charge in [0.25, 0.3) is 0 Å². The number of hydrogen-bond acceptors (Lipinski definition) is 8. The Morgan fingerprint density at radius 3 is 2.13 bits per heavy atom. The van der Waals surface area contributed by atoms with Gasteiger partial charge in [0.05, 0.1) is 6.04 Å². The van der Waals surface area contributed by atoms with E-state index in [-0.39, 0.29) is 37.6 Å². The van der Waals surface area contributed by atoms with Crippen LogP contribution in [-0.2, 0) is 19.2 Å². The van der Waals surface area contributed by atoms with Crippen molar-refractivity contribution < 1.29 is 29.4 Å². The molecule has 1 fully saturated rings. The number of nitrogens with zero attached hydrogens (tertiary/aromatic N) is 2. The van der Waals surface area contributed by atoms with Crippen LogP contribution in [0.25, 0.3) is 0 Å². The summed E-state index contributed by atoms with van der Waals surface area (Å²) in [6.45, 7) is 0.923. The fourth-order valence-corrected chi connectivity index (χ4v) is 2.65. The minimum absolute atomic E-state index is 0. The van der Waals surface area contributed by atoms with E-state index < -0.39 is 41.9 Å². The third-order valence-corrected chi connectivity index (χ3v) is 4.31. The van der Waals surface area contributed by atoms with Gasteiger partial charge in [0, 0.05) is 13.0 Å². The van der Waals surface area contributed by atoms with Gasteiger partial charge < -0.3 is 38.9 Å². The maximum atomic E-state index is 12.0. The summed E-state index contributed by atoms with van der Waals surface area (Å²) in [5.41, 5.74) is 26.4. The Labute approximate surface area is 186 Å². The van der Waals surface area contributed by atoms with Crippen LogP contribution in [0, 0.1) is 0 Å². The molecule has 0 aromatic carbocycles. The van der Waals surface area contributed by atoms with E-state index in [1.54, 1.807) is 0 Å². The number of nitrogens with two attached hydrogens (primary N) is 5.